The summed E-state index contributed by atoms with van der Waals surface area (Å²) < 4.78 is 16.5. The van der Waals surface area contributed by atoms with Crippen LogP contribution < -0.4 is 24.8 Å². The maximum atomic E-state index is 8.90. The molecule has 0 heterocycles. The van der Waals surface area contributed by atoms with E-state index in [0.29, 0.717) is 24.7 Å². The third-order valence-corrected chi connectivity index (χ3v) is 3.97. The van der Waals surface area contributed by atoms with Gasteiger partial charge in [-0.2, -0.15) is 0 Å². The van der Waals surface area contributed by atoms with E-state index < -0.39 is 0 Å². The third-order valence-electron chi connectivity index (χ3n) is 3.97. The Morgan fingerprint density at radius 2 is 1.83 bits per heavy atom. The first kappa shape index (κ1) is 22.4. The second kappa shape index (κ2) is 13.3. The molecule has 3 N–H and O–H groups in total. The molecule has 0 aromatic heterocycles. The van der Waals surface area contributed by atoms with Crippen LogP contribution in [0.5, 0.6) is 17.2 Å². The van der Waals surface area contributed by atoms with Crippen molar-refractivity contribution in [2.24, 2.45) is 4.99 Å². The summed E-state index contributed by atoms with van der Waals surface area (Å²) in [6.07, 6.45) is 0.865. The first-order chi connectivity index (χ1) is 14.3. The van der Waals surface area contributed by atoms with E-state index in [0.717, 1.165) is 36.8 Å². The molecule has 0 saturated carbocycles. The van der Waals surface area contributed by atoms with Crippen molar-refractivity contribution >= 4 is 5.96 Å². The molecule has 0 fully saturated rings. The highest BCUT2D eigenvalue weighted by Gasteiger charge is 2.06. The largest absolute Gasteiger partial charge is 0.494 e. The Morgan fingerprint density at radius 1 is 1.00 bits per heavy atom. The normalized spacial score (nSPS) is 11.1. The highest BCUT2D eigenvalue weighted by molar-refractivity contribution is 5.79. The Kier molecular flexibility index (Phi) is 10.2. The van der Waals surface area contributed by atoms with Crippen molar-refractivity contribution in [2.45, 2.75) is 19.9 Å². The predicted molar refractivity (Wildman–Crippen MR) is 115 cm³/mol. The van der Waals surface area contributed by atoms with Crippen LogP contribution in [-0.2, 0) is 6.54 Å². The maximum absolute atomic E-state index is 8.90. The lowest BCUT2D eigenvalue weighted by atomic mass is 10.2. The number of benzene rings is 2. The smallest absolute Gasteiger partial charge is 0.191 e. The zero-order valence-electron chi connectivity index (χ0n) is 17.2. The predicted octanol–water partition coefficient (Wildman–Crippen LogP) is 2.59. The lowest BCUT2D eigenvalue weighted by molar-refractivity contribution is 0.196. The minimum atomic E-state index is -0.0384. The van der Waals surface area contributed by atoms with Crippen LogP contribution in [0.4, 0.5) is 0 Å². The molecular weight excluding hydrogens is 370 g/mol. The molecule has 0 amide bonds. The standard InChI is InChI=1S/C22H31N3O4/c1-3-23-22(24-12-7-14-28-19-8-5-4-6-9-19)25-17-18-10-11-20(29-15-13-26)21(16-18)27-2/h4-6,8-11,16,26H,3,7,12-15,17H2,1-2H3,(H2,23,24,25). The first-order valence-corrected chi connectivity index (χ1v) is 9.87. The van der Waals surface area contributed by atoms with Gasteiger partial charge in [0.1, 0.15) is 12.4 Å². The van der Waals surface area contributed by atoms with Crippen molar-refractivity contribution in [3.63, 3.8) is 0 Å². The molecule has 2 aromatic carbocycles. The fourth-order valence-electron chi connectivity index (χ4n) is 2.58. The molecule has 0 spiro atoms. The van der Waals surface area contributed by atoms with Gasteiger partial charge in [-0.15, -0.1) is 0 Å². The second-order valence-corrected chi connectivity index (χ2v) is 6.19. The van der Waals surface area contributed by atoms with Crippen LogP contribution in [0.1, 0.15) is 18.9 Å². The van der Waals surface area contributed by atoms with E-state index in [2.05, 4.69) is 15.6 Å². The lowest BCUT2D eigenvalue weighted by Crippen LogP contribution is -2.38. The zero-order valence-corrected chi connectivity index (χ0v) is 17.2. The number of nitrogens with zero attached hydrogens (tertiary/aromatic N) is 1. The summed E-state index contributed by atoms with van der Waals surface area (Å²) in [5.41, 5.74) is 1.00. The number of methoxy groups -OCH3 is 1. The topological polar surface area (TPSA) is 84.3 Å². The first-order valence-electron chi connectivity index (χ1n) is 9.87. The molecule has 0 bridgehead atoms. The van der Waals surface area contributed by atoms with E-state index in [9.17, 15) is 0 Å². The van der Waals surface area contributed by atoms with Crippen LogP contribution in [0.3, 0.4) is 0 Å². The van der Waals surface area contributed by atoms with Crippen molar-refractivity contribution in [2.75, 3.05) is 40.0 Å². The van der Waals surface area contributed by atoms with Crippen molar-refractivity contribution < 1.29 is 19.3 Å². The molecular formula is C22H31N3O4. The minimum Gasteiger partial charge on any atom is -0.494 e. The fourth-order valence-corrected chi connectivity index (χ4v) is 2.58. The minimum absolute atomic E-state index is 0.0384. The van der Waals surface area contributed by atoms with Gasteiger partial charge < -0.3 is 30.0 Å². The number of hydrogen-bond acceptors (Lipinski definition) is 5. The van der Waals surface area contributed by atoms with Gasteiger partial charge >= 0.3 is 0 Å². The number of aliphatic hydroxyl groups is 1. The average Bonchev–Trinajstić information content (AvgIpc) is 2.76. The molecule has 29 heavy (non-hydrogen) atoms. The van der Waals surface area contributed by atoms with Crippen molar-refractivity contribution in [3.8, 4) is 17.2 Å². The fraction of sp³-hybridized carbons (Fsp3) is 0.409. The van der Waals surface area contributed by atoms with Gasteiger partial charge in [-0.05, 0) is 43.2 Å². The Morgan fingerprint density at radius 3 is 2.55 bits per heavy atom. The van der Waals surface area contributed by atoms with Gasteiger partial charge in [0.2, 0.25) is 0 Å². The van der Waals surface area contributed by atoms with Gasteiger partial charge in [0.05, 0.1) is 26.9 Å². The Balaban J connectivity index is 1.82. The molecule has 2 rings (SSSR count). The van der Waals surface area contributed by atoms with Gasteiger partial charge in [0.25, 0.3) is 0 Å². The van der Waals surface area contributed by atoms with E-state index in [1.54, 1.807) is 7.11 Å². The number of ether oxygens (including phenoxy) is 3. The quantitative estimate of drug-likeness (QED) is 0.288. The Hall–Kier alpha value is -2.93. The SMILES string of the molecule is CCNC(=NCc1ccc(OCCO)c(OC)c1)NCCCOc1ccccc1. The Bertz CT molecular complexity index is 738. The summed E-state index contributed by atoms with van der Waals surface area (Å²) in [5, 5.41) is 15.5. The highest BCUT2D eigenvalue weighted by Crippen LogP contribution is 2.28. The van der Waals surface area contributed by atoms with Crippen LogP contribution in [0.25, 0.3) is 0 Å². The molecule has 0 atom stereocenters. The summed E-state index contributed by atoms with van der Waals surface area (Å²) >= 11 is 0. The number of rotatable bonds is 12. The summed E-state index contributed by atoms with van der Waals surface area (Å²) in [4.78, 5) is 4.62. The summed E-state index contributed by atoms with van der Waals surface area (Å²) in [6, 6.07) is 15.5. The van der Waals surface area contributed by atoms with Gasteiger partial charge in [-0.1, -0.05) is 24.3 Å². The van der Waals surface area contributed by atoms with Gasteiger partial charge in [-0.3, -0.25) is 0 Å². The maximum Gasteiger partial charge on any atom is 0.191 e. The summed E-state index contributed by atoms with van der Waals surface area (Å²) in [7, 11) is 1.59. The van der Waals surface area contributed by atoms with Crippen LogP contribution >= 0.6 is 0 Å². The molecule has 0 saturated heterocycles. The van der Waals surface area contributed by atoms with Gasteiger partial charge in [0, 0.05) is 13.1 Å². The monoisotopic (exact) mass is 401 g/mol. The van der Waals surface area contributed by atoms with Crippen molar-refractivity contribution in [3.05, 3.63) is 54.1 Å². The zero-order chi connectivity index (χ0) is 20.7. The molecule has 158 valence electrons. The van der Waals surface area contributed by atoms with Crippen LogP contribution in [-0.4, -0.2) is 51.1 Å². The molecule has 0 radical (unpaired) electrons. The number of hydrogen-bond donors (Lipinski definition) is 3. The number of aliphatic imine (C=N–C) groups is 1. The number of guanidine groups is 1. The van der Waals surface area contributed by atoms with E-state index in [1.807, 2.05) is 55.5 Å². The summed E-state index contributed by atoms with van der Waals surface area (Å²) in [6.45, 7) is 4.92. The van der Waals surface area contributed by atoms with Crippen LogP contribution in [0.2, 0.25) is 0 Å². The molecule has 0 aliphatic heterocycles. The average molecular weight is 402 g/mol. The van der Waals surface area contributed by atoms with Gasteiger partial charge in [0.15, 0.2) is 17.5 Å². The molecule has 2 aromatic rings. The van der Waals surface area contributed by atoms with Gasteiger partial charge in [-0.25, -0.2) is 4.99 Å². The van der Waals surface area contributed by atoms with E-state index in [-0.39, 0.29) is 13.2 Å². The number of para-hydroxylation sites is 1. The highest BCUT2D eigenvalue weighted by atomic mass is 16.5. The molecule has 7 heteroatoms. The number of aliphatic hydroxyl groups excluding tert-OH is 1. The lowest BCUT2D eigenvalue weighted by Gasteiger charge is -2.13. The molecule has 0 aliphatic rings. The summed E-state index contributed by atoms with van der Waals surface area (Å²) in [5.74, 6) is 2.88. The Labute approximate surface area is 172 Å². The number of nitrogens with one attached hydrogen (secondary N) is 2. The van der Waals surface area contributed by atoms with Crippen LogP contribution in [0.15, 0.2) is 53.5 Å². The second-order valence-electron chi connectivity index (χ2n) is 6.19. The molecule has 0 aliphatic carbocycles. The van der Waals surface area contributed by atoms with E-state index >= 15 is 0 Å². The van der Waals surface area contributed by atoms with Crippen molar-refractivity contribution in [1.29, 1.82) is 0 Å². The van der Waals surface area contributed by atoms with E-state index in [1.165, 1.54) is 0 Å². The molecule has 0 unspecified atom stereocenters. The van der Waals surface area contributed by atoms with Crippen molar-refractivity contribution in [1.82, 2.24) is 10.6 Å². The van der Waals surface area contributed by atoms with E-state index in [4.69, 9.17) is 19.3 Å². The third kappa shape index (κ3) is 8.31. The van der Waals surface area contributed by atoms with Crippen LogP contribution in [0, 0.1) is 0 Å². The molecule has 7 nitrogen and oxygen atoms in total.